The van der Waals surface area contributed by atoms with Crippen LogP contribution < -0.4 is 10.6 Å². The van der Waals surface area contributed by atoms with E-state index in [-0.39, 0.29) is 17.5 Å². The standard InChI is InChI=1S/C24H26N4O5/c1-13(2)11-20(24(30)31)27-23(29)19-12-17-16-5-3-4-6-18(16)25-22(17)21(26-19)14-7-9-15(10-8-14)28(32)33/h3-10,13,19-21,25-26H,11-12H2,1-2H3,(H,27,29)(H,30,31)/t19-,20-,21-/m0/s1. The minimum atomic E-state index is -1.06. The number of H-pyrrole nitrogens is 1. The number of carbonyl (C=O) groups excluding carboxylic acids is 1. The topological polar surface area (TPSA) is 137 Å². The maximum atomic E-state index is 13.1. The summed E-state index contributed by atoms with van der Waals surface area (Å²) in [5, 5.41) is 27.6. The van der Waals surface area contributed by atoms with E-state index in [2.05, 4.69) is 15.6 Å². The van der Waals surface area contributed by atoms with E-state index in [1.807, 2.05) is 38.1 Å². The summed E-state index contributed by atoms with van der Waals surface area (Å²) >= 11 is 0. The minimum Gasteiger partial charge on any atom is -0.480 e. The second kappa shape index (κ2) is 9.03. The van der Waals surface area contributed by atoms with Gasteiger partial charge in [0.25, 0.3) is 5.69 Å². The van der Waals surface area contributed by atoms with Gasteiger partial charge in [-0.05, 0) is 36.0 Å². The first-order valence-corrected chi connectivity index (χ1v) is 10.9. The molecule has 0 unspecified atom stereocenters. The second-order valence-electron chi connectivity index (χ2n) is 8.80. The van der Waals surface area contributed by atoms with E-state index < -0.39 is 29.0 Å². The Morgan fingerprint density at radius 1 is 1.18 bits per heavy atom. The van der Waals surface area contributed by atoms with Crippen LogP contribution in [0.25, 0.3) is 10.9 Å². The second-order valence-corrected chi connectivity index (χ2v) is 8.80. The molecule has 3 aromatic rings. The van der Waals surface area contributed by atoms with Crippen LogP contribution in [0.1, 0.15) is 43.1 Å². The third-order valence-electron chi connectivity index (χ3n) is 5.99. The highest BCUT2D eigenvalue weighted by Crippen LogP contribution is 2.35. The first-order valence-electron chi connectivity index (χ1n) is 10.9. The number of aromatic amines is 1. The van der Waals surface area contributed by atoms with Gasteiger partial charge in [0.2, 0.25) is 5.91 Å². The number of nitro benzene ring substituents is 1. The number of para-hydroxylation sites is 1. The maximum Gasteiger partial charge on any atom is 0.326 e. The Morgan fingerprint density at radius 3 is 2.52 bits per heavy atom. The van der Waals surface area contributed by atoms with Crippen LogP contribution in [-0.2, 0) is 16.0 Å². The third-order valence-corrected chi connectivity index (χ3v) is 5.99. The number of aromatic nitrogens is 1. The number of aliphatic carboxylic acids is 1. The Balaban J connectivity index is 1.69. The summed E-state index contributed by atoms with van der Waals surface area (Å²) in [6.07, 6.45) is 0.723. The van der Waals surface area contributed by atoms with Crippen LogP contribution in [0, 0.1) is 16.0 Å². The number of carboxylic acid groups (broad SMARTS) is 1. The fraction of sp³-hybridized carbons (Fsp3) is 0.333. The molecule has 2 heterocycles. The Hall–Kier alpha value is -3.72. The molecule has 0 fully saturated rings. The number of non-ortho nitro benzene ring substituents is 1. The molecule has 0 aliphatic carbocycles. The first kappa shape index (κ1) is 22.5. The van der Waals surface area contributed by atoms with Gasteiger partial charge < -0.3 is 15.4 Å². The van der Waals surface area contributed by atoms with Crippen LogP contribution in [0.15, 0.2) is 48.5 Å². The van der Waals surface area contributed by atoms with Gasteiger partial charge in [-0.2, -0.15) is 0 Å². The van der Waals surface area contributed by atoms with Gasteiger partial charge in [0, 0.05) is 28.7 Å². The van der Waals surface area contributed by atoms with Gasteiger partial charge >= 0.3 is 5.97 Å². The lowest BCUT2D eigenvalue weighted by Gasteiger charge is -2.32. The predicted octanol–water partition coefficient (Wildman–Crippen LogP) is 3.30. The van der Waals surface area contributed by atoms with E-state index in [0.29, 0.717) is 12.8 Å². The van der Waals surface area contributed by atoms with Crippen LogP contribution in [0.4, 0.5) is 5.69 Å². The lowest BCUT2D eigenvalue weighted by molar-refractivity contribution is -0.384. The van der Waals surface area contributed by atoms with Crippen molar-refractivity contribution in [3.63, 3.8) is 0 Å². The summed E-state index contributed by atoms with van der Waals surface area (Å²) < 4.78 is 0. The molecule has 1 aliphatic heterocycles. The highest BCUT2D eigenvalue weighted by molar-refractivity contribution is 5.90. The average molecular weight is 450 g/mol. The lowest BCUT2D eigenvalue weighted by Crippen LogP contribution is -2.53. The Labute approximate surface area is 190 Å². The fourth-order valence-corrected chi connectivity index (χ4v) is 4.42. The van der Waals surface area contributed by atoms with E-state index in [1.54, 1.807) is 12.1 Å². The van der Waals surface area contributed by atoms with Gasteiger partial charge in [0.05, 0.1) is 17.0 Å². The monoisotopic (exact) mass is 450 g/mol. The number of benzene rings is 2. The van der Waals surface area contributed by atoms with Crippen LogP contribution in [0.3, 0.4) is 0 Å². The molecule has 4 N–H and O–H groups in total. The molecule has 0 radical (unpaired) electrons. The molecular weight excluding hydrogens is 424 g/mol. The lowest BCUT2D eigenvalue weighted by atomic mass is 9.89. The zero-order chi connectivity index (χ0) is 23.7. The van der Waals surface area contributed by atoms with Crippen molar-refractivity contribution in [2.45, 2.75) is 44.8 Å². The van der Waals surface area contributed by atoms with Crippen LogP contribution in [-0.4, -0.2) is 39.0 Å². The summed E-state index contributed by atoms with van der Waals surface area (Å²) in [5.41, 5.74) is 3.55. The normalized spacial score (nSPS) is 18.6. The number of hydrogen-bond donors (Lipinski definition) is 4. The van der Waals surface area contributed by atoms with Crippen molar-refractivity contribution >= 4 is 28.5 Å². The molecule has 9 nitrogen and oxygen atoms in total. The SMILES string of the molecule is CC(C)C[C@H](NC(=O)[C@@H]1Cc2c([nH]c3ccccc23)[C@H](c2ccc([N+](=O)[O-])cc2)N1)C(=O)O. The molecule has 0 saturated heterocycles. The number of carboxylic acids is 1. The van der Waals surface area contributed by atoms with E-state index >= 15 is 0 Å². The molecule has 2 aromatic carbocycles. The van der Waals surface area contributed by atoms with Crippen molar-refractivity contribution in [3.8, 4) is 0 Å². The largest absolute Gasteiger partial charge is 0.480 e. The molecule has 0 spiro atoms. The number of nitrogens with one attached hydrogen (secondary N) is 3. The number of fused-ring (bicyclic) bond motifs is 3. The number of nitrogens with zero attached hydrogens (tertiary/aromatic N) is 1. The zero-order valence-corrected chi connectivity index (χ0v) is 18.4. The number of amides is 1. The molecule has 1 aromatic heterocycles. The quantitative estimate of drug-likeness (QED) is 0.322. The van der Waals surface area contributed by atoms with Crippen LogP contribution >= 0.6 is 0 Å². The molecule has 9 heteroatoms. The molecule has 0 bridgehead atoms. The molecular formula is C24H26N4O5. The minimum absolute atomic E-state index is 0.0151. The molecule has 33 heavy (non-hydrogen) atoms. The van der Waals surface area contributed by atoms with Crippen molar-refractivity contribution in [2.24, 2.45) is 5.92 Å². The fourth-order valence-electron chi connectivity index (χ4n) is 4.42. The summed E-state index contributed by atoms with van der Waals surface area (Å²) in [7, 11) is 0. The van der Waals surface area contributed by atoms with Gasteiger partial charge in [-0.1, -0.05) is 44.2 Å². The van der Waals surface area contributed by atoms with Crippen molar-refractivity contribution in [1.82, 2.24) is 15.6 Å². The summed E-state index contributed by atoms with van der Waals surface area (Å²) in [4.78, 5) is 38.8. The van der Waals surface area contributed by atoms with E-state index in [1.165, 1.54) is 12.1 Å². The molecule has 4 rings (SSSR count). The van der Waals surface area contributed by atoms with Crippen molar-refractivity contribution in [2.75, 3.05) is 0 Å². The molecule has 0 saturated carbocycles. The van der Waals surface area contributed by atoms with Gasteiger partial charge in [-0.15, -0.1) is 0 Å². The smallest absolute Gasteiger partial charge is 0.326 e. The maximum absolute atomic E-state index is 13.1. The van der Waals surface area contributed by atoms with Gasteiger partial charge in [0.1, 0.15) is 6.04 Å². The van der Waals surface area contributed by atoms with Gasteiger partial charge in [0.15, 0.2) is 0 Å². The first-order chi connectivity index (χ1) is 15.7. The van der Waals surface area contributed by atoms with Crippen molar-refractivity contribution in [1.29, 1.82) is 0 Å². The summed E-state index contributed by atoms with van der Waals surface area (Å²) in [6.45, 7) is 3.81. The average Bonchev–Trinajstić information content (AvgIpc) is 3.16. The predicted molar refractivity (Wildman–Crippen MR) is 123 cm³/mol. The van der Waals surface area contributed by atoms with E-state index in [0.717, 1.165) is 27.7 Å². The highest BCUT2D eigenvalue weighted by atomic mass is 16.6. The van der Waals surface area contributed by atoms with Crippen LogP contribution in [0.5, 0.6) is 0 Å². The van der Waals surface area contributed by atoms with Crippen LogP contribution in [0.2, 0.25) is 0 Å². The molecule has 172 valence electrons. The number of carbonyl (C=O) groups is 2. The molecule has 1 aliphatic rings. The zero-order valence-electron chi connectivity index (χ0n) is 18.4. The van der Waals surface area contributed by atoms with Crippen molar-refractivity contribution in [3.05, 3.63) is 75.5 Å². The number of hydrogen-bond acceptors (Lipinski definition) is 5. The van der Waals surface area contributed by atoms with Gasteiger partial charge in [-0.3, -0.25) is 20.2 Å². The van der Waals surface area contributed by atoms with Gasteiger partial charge in [-0.25, -0.2) is 4.79 Å². The van der Waals surface area contributed by atoms with Crippen molar-refractivity contribution < 1.29 is 19.6 Å². The Morgan fingerprint density at radius 2 is 1.88 bits per heavy atom. The summed E-state index contributed by atoms with van der Waals surface area (Å²) in [5.74, 6) is -1.34. The van der Waals surface area contributed by atoms with E-state index in [9.17, 15) is 24.8 Å². The highest BCUT2D eigenvalue weighted by Gasteiger charge is 2.35. The van der Waals surface area contributed by atoms with E-state index in [4.69, 9.17) is 0 Å². The molecule has 3 atom stereocenters. The Bertz CT molecular complexity index is 1200. The number of nitro groups is 1. The summed E-state index contributed by atoms with van der Waals surface area (Å²) in [6, 6.07) is 12.0. The third kappa shape index (κ3) is 4.58. The number of rotatable bonds is 7. The Kier molecular flexibility index (Phi) is 6.15. The molecule has 1 amide bonds.